The fourth-order valence-corrected chi connectivity index (χ4v) is 1.98. The van der Waals surface area contributed by atoms with E-state index in [-0.39, 0.29) is 0 Å². The van der Waals surface area contributed by atoms with Gasteiger partial charge in [-0.3, -0.25) is 0 Å². The zero-order chi connectivity index (χ0) is 12.5. The molecule has 0 saturated heterocycles. The number of hydrogen-bond donors (Lipinski definition) is 0. The summed E-state index contributed by atoms with van der Waals surface area (Å²) >= 11 is 0. The van der Waals surface area contributed by atoms with E-state index in [4.69, 9.17) is 15.9 Å². The lowest BCUT2D eigenvalue weighted by Crippen LogP contribution is -2.03. The molecule has 1 aromatic rings. The molecule has 0 N–H and O–H groups in total. The molecule has 0 radical (unpaired) electrons. The zero-order valence-corrected chi connectivity index (χ0v) is 8.99. The van der Waals surface area contributed by atoms with Crippen molar-refractivity contribution >= 4 is 19.7 Å². The van der Waals surface area contributed by atoms with Gasteiger partial charge in [-0.05, 0) is 12.1 Å². The van der Waals surface area contributed by atoms with Gasteiger partial charge in [0.15, 0.2) is 5.82 Å². The van der Waals surface area contributed by atoms with Crippen molar-refractivity contribution in [2.45, 2.75) is 11.3 Å². The second-order valence-electron chi connectivity index (χ2n) is 2.69. The molecule has 0 heterocycles. The molecule has 16 heavy (non-hydrogen) atoms. The maximum absolute atomic E-state index is 13.4. The molecule has 0 aliphatic heterocycles. The third-order valence-electron chi connectivity index (χ3n) is 1.75. The van der Waals surface area contributed by atoms with Crippen LogP contribution in [-0.2, 0) is 9.05 Å². The molecular formula is C8H3ClF3NO2S. The third kappa shape index (κ3) is 2.28. The largest absolute Gasteiger partial charge is 0.267 e. The van der Waals surface area contributed by atoms with Gasteiger partial charge in [0, 0.05) is 10.7 Å². The highest BCUT2D eigenvalue weighted by Crippen LogP contribution is 2.30. The molecule has 0 aromatic heterocycles. The lowest BCUT2D eigenvalue weighted by molar-refractivity contribution is 0.145. The smallest absolute Gasteiger partial charge is 0.207 e. The monoisotopic (exact) mass is 269 g/mol. The summed E-state index contributed by atoms with van der Waals surface area (Å²) in [6.07, 6.45) is -3.30. The Bertz CT molecular complexity index is 565. The Morgan fingerprint density at radius 1 is 1.38 bits per heavy atom. The van der Waals surface area contributed by atoms with Gasteiger partial charge in [0.2, 0.25) is 0 Å². The van der Waals surface area contributed by atoms with Crippen molar-refractivity contribution in [2.24, 2.45) is 0 Å². The summed E-state index contributed by atoms with van der Waals surface area (Å²) < 4.78 is 59.9. The number of alkyl halides is 2. The summed E-state index contributed by atoms with van der Waals surface area (Å²) in [5.74, 6) is -1.69. The van der Waals surface area contributed by atoms with E-state index in [1.165, 1.54) is 6.07 Å². The lowest BCUT2D eigenvalue weighted by Gasteiger charge is -2.06. The first kappa shape index (κ1) is 12.8. The predicted octanol–water partition coefficient (Wildman–Crippen LogP) is 2.56. The SMILES string of the molecule is N#Cc1ccc(S(=O)(=O)Cl)c(F)c1C(F)F. The summed E-state index contributed by atoms with van der Waals surface area (Å²) in [4.78, 5) is -1.07. The molecule has 1 aromatic carbocycles. The number of hydrogen-bond acceptors (Lipinski definition) is 3. The number of nitriles is 1. The Labute approximate surface area is 93.5 Å². The number of halogens is 4. The third-order valence-corrected chi connectivity index (χ3v) is 3.09. The van der Waals surface area contributed by atoms with E-state index in [9.17, 15) is 21.6 Å². The standard InChI is InChI=1S/C8H3ClF3NO2S/c9-16(14,15)5-2-1-4(3-13)6(7(5)10)8(11)12/h1-2,8H. The van der Waals surface area contributed by atoms with Crippen LogP contribution < -0.4 is 0 Å². The molecule has 1 rings (SSSR count). The fraction of sp³-hybridized carbons (Fsp3) is 0.125. The first-order valence-electron chi connectivity index (χ1n) is 3.74. The summed E-state index contributed by atoms with van der Waals surface area (Å²) in [5, 5.41) is 8.45. The summed E-state index contributed by atoms with van der Waals surface area (Å²) in [5.41, 5.74) is -1.89. The van der Waals surface area contributed by atoms with Gasteiger partial charge < -0.3 is 0 Å². The minimum absolute atomic E-state index is 0.628. The van der Waals surface area contributed by atoms with Gasteiger partial charge >= 0.3 is 0 Å². The average molecular weight is 270 g/mol. The van der Waals surface area contributed by atoms with Gasteiger partial charge in [0.1, 0.15) is 4.90 Å². The van der Waals surface area contributed by atoms with Crippen molar-refractivity contribution in [3.8, 4) is 6.07 Å². The van der Waals surface area contributed by atoms with E-state index in [0.29, 0.717) is 6.07 Å². The molecular weight excluding hydrogens is 267 g/mol. The Kier molecular flexibility index (Phi) is 3.45. The van der Waals surface area contributed by atoms with E-state index in [1.54, 1.807) is 0 Å². The lowest BCUT2D eigenvalue weighted by atomic mass is 10.1. The Morgan fingerprint density at radius 3 is 2.31 bits per heavy atom. The molecule has 3 nitrogen and oxygen atoms in total. The highest BCUT2D eigenvalue weighted by molar-refractivity contribution is 8.13. The summed E-state index contributed by atoms with van der Waals surface area (Å²) in [6, 6.07) is 2.78. The number of benzene rings is 1. The topological polar surface area (TPSA) is 57.9 Å². The van der Waals surface area contributed by atoms with Gasteiger partial charge in [0.05, 0.1) is 17.2 Å². The molecule has 0 amide bonds. The van der Waals surface area contributed by atoms with Crippen LogP contribution in [0.3, 0.4) is 0 Å². The maximum atomic E-state index is 13.4. The molecule has 0 unspecified atom stereocenters. The van der Waals surface area contributed by atoms with Crippen molar-refractivity contribution in [1.29, 1.82) is 5.26 Å². The fourth-order valence-electron chi connectivity index (χ4n) is 1.07. The van der Waals surface area contributed by atoms with Crippen molar-refractivity contribution in [1.82, 2.24) is 0 Å². The molecule has 0 aliphatic rings. The minimum Gasteiger partial charge on any atom is -0.207 e. The van der Waals surface area contributed by atoms with E-state index in [0.717, 1.165) is 6.07 Å². The van der Waals surface area contributed by atoms with Crippen LogP contribution in [0.1, 0.15) is 17.6 Å². The van der Waals surface area contributed by atoms with Gasteiger partial charge in [-0.2, -0.15) is 5.26 Å². The van der Waals surface area contributed by atoms with E-state index < -0.39 is 37.3 Å². The Balaban J connectivity index is 3.65. The molecule has 0 aliphatic carbocycles. The second kappa shape index (κ2) is 4.31. The van der Waals surface area contributed by atoms with Crippen molar-refractivity contribution < 1.29 is 21.6 Å². The quantitative estimate of drug-likeness (QED) is 0.775. The van der Waals surface area contributed by atoms with Gasteiger partial charge in [-0.15, -0.1) is 0 Å². The van der Waals surface area contributed by atoms with Crippen LogP contribution in [0.25, 0.3) is 0 Å². The first-order valence-corrected chi connectivity index (χ1v) is 6.05. The van der Waals surface area contributed by atoms with Crippen LogP contribution in [0.15, 0.2) is 17.0 Å². The second-order valence-corrected chi connectivity index (χ2v) is 5.22. The predicted molar refractivity (Wildman–Crippen MR) is 49.1 cm³/mol. The van der Waals surface area contributed by atoms with Crippen LogP contribution in [-0.4, -0.2) is 8.42 Å². The Hall–Kier alpha value is -1.26. The first-order chi connectivity index (χ1) is 7.29. The molecule has 0 spiro atoms. The van der Waals surface area contributed by atoms with Gasteiger partial charge in [-0.1, -0.05) is 0 Å². The van der Waals surface area contributed by atoms with E-state index >= 15 is 0 Å². The molecule has 86 valence electrons. The highest BCUT2D eigenvalue weighted by atomic mass is 35.7. The van der Waals surface area contributed by atoms with Gasteiger partial charge in [0.25, 0.3) is 15.5 Å². The van der Waals surface area contributed by atoms with E-state index in [2.05, 4.69) is 0 Å². The summed E-state index contributed by atoms with van der Waals surface area (Å²) in [6.45, 7) is 0. The van der Waals surface area contributed by atoms with Gasteiger partial charge in [-0.25, -0.2) is 21.6 Å². The molecule has 0 atom stereocenters. The normalized spacial score (nSPS) is 11.5. The minimum atomic E-state index is -4.46. The Morgan fingerprint density at radius 2 is 1.94 bits per heavy atom. The van der Waals surface area contributed by atoms with Crippen LogP contribution >= 0.6 is 10.7 Å². The molecule has 0 bridgehead atoms. The maximum Gasteiger partial charge on any atom is 0.267 e. The molecule has 0 saturated carbocycles. The van der Waals surface area contributed by atoms with Crippen molar-refractivity contribution in [2.75, 3.05) is 0 Å². The van der Waals surface area contributed by atoms with Crippen LogP contribution in [0.5, 0.6) is 0 Å². The van der Waals surface area contributed by atoms with E-state index in [1.807, 2.05) is 0 Å². The van der Waals surface area contributed by atoms with Crippen LogP contribution in [0.4, 0.5) is 13.2 Å². The van der Waals surface area contributed by atoms with Crippen LogP contribution in [0.2, 0.25) is 0 Å². The number of nitrogens with zero attached hydrogens (tertiary/aromatic N) is 1. The molecule has 0 fully saturated rings. The highest BCUT2D eigenvalue weighted by Gasteiger charge is 2.26. The molecule has 8 heteroatoms. The zero-order valence-electron chi connectivity index (χ0n) is 7.42. The summed E-state index contributed by atoms with van der Waals surface area (Å²) in [7, 11) is 0.380. The number of rotatable bonds is 2. The van der Waals surface area contributed by atoms with Crippen molar-refractivity contribution in [3.63, 3.8) is 0 Å². The average Bonchev–Trinajstić information content (AvgIpc) is 2.14. The van der Waals surface area contributed by atoms with Crippen LogP contribution in [0, 0.1) is 17.1 Å². The van der Waals surface area contributed by atoms with Crippen molar-refractivity contribution in [3.05, 3.63) is 29.1 Å².